The fraction of sp³-hybridized carbons (Fsp3) is 0.391. The number of rotatable bonds is 4. The molecule has 0 N–H and O–H groups in total. The number of ether oxygens (including phenoxy) is 1. The maximum Gasteiger partial charge on any atom is 0.260 e. The molecule has 1 atom stereocenters. The highest BCUT2D eigenvalue weighted by atomic mass is 32.1. The van der Waals surface area contributed by atoms with Crippen LogP contribution in [0, 0.1) is 0 Å². The number of carbonyl (C=O) groups excluding carboxylic acids is 1. The summed E-state index contributed by atoms with van der Waals surface area (Å²) >= 11 is 1.76. The molecular weight excluding hydrogens is 368 g/mol. The highest BCUT2D eigenvalue weighted by molar-refractivity contribution is 7.18. The van der Waals surface area contributed by atoms with E-state index in [1.165, 1.54) is 22.2 Å². The minimum atomic E-state index is 0.0753. The van der Waals surface area contributed by atoms with Crippen LogP contribution in [0.25, 0.3) is 10.2 Å². The van der Waals surface area contributed by atoms with Crippen molar-refractivity contribution in [2.45, 2.75) is 38.0 Å². The molecule has 3 aromatic rings. The van der Waals surface area contributed by atoms with Crippen LogP contribution >= 0.6 is 11.3 Å². The van der Waals surface area contributed by atoms with Crippen LogP contribution in [0.5, 0.6) is 5.75 Å². The van der Waals surface area contributed by atoms with E-state index in [4.69, 9.17) is 9.72 Å². The lowest BCUT2D eigenvalue weighted by atomic mass is 9.99. The normalized spacial score (nSPS) is 19.0. The second-order valence-corrected chi connectivity index (χ2v) is 8.83. The summed E-state index contributed by atoms with van der Waals surface area (Å²) in [6, 6.07) is 14.5. The monoisotopic (exact) mass is 392 g/mol. The van der Waals surface area contributed by atoms with Crippen molar-refractivity contribution < 1.29 is 9.53 Å². The highest BCUT2D eigenvalue weighted by Gasteiger charge is 2.27. The fourth-order valence-electron chi connectivity index (χ4n) is 4.34. The summed E-state index contributed by atoms with van der Waals surface area (Å²) in [7, 11) is 0. The lowest BCUT2D eigenvalue weighted by Gasteiger charge is -2.31. The van der Waals surface area contributed by atoms with Gasteiger partial charge in [0.15, 0.2) is 6.61 Å². The Bertz CT molecular complexity index is 980. The van der Waals surface area contributed by atoms with Crippen LogP contribution in [0.15, 0.2) is 42.5 Å². The van der Waals surface area contributed by atoms with Crippen molar-refractivity contribution >= 4 is 27.5 Å². The Morgan fingerprint density at radius 2 is 2.04 bits per heavy atom. The molecule has 0 spiro atoms. The number of benzene rings is 2. The molecule has 0 saturated carbocycles. The molecule has 1 fully saturated rings. The molecule has 2 aromatic carbocycles. The largest absolute Gasteiger partial charge is 0.484 e. The first-order chi connectivity index (χ1) is 13.8. The Morgan fingerprint density at radius 3 is 2.96 bits per heavy atom. The topological polar surface area (TPSA) is 42.4 Å². The third kappa shape index (κ3) is 3.51. The highest BCUT2D eigenvalue weighted by Crippen LogP contribution is 2.33. The van der Waals surface area contributed by atoms with Crippen LogP contribution in [0.2, 0.25) is 0 Å². The van der Waals surface area contributed by atoms with Crippen molar-refractivity contribution in [2.24, 2.45) is 0 Å². The lowest BCUT2D eigenvalue weighted by Crippen LogP contribution is -2.41. The summed E-state index contributed by atoms with van der Waals surface area (Å²) in [4.78, 5) is 19.5. The molecule has 4 nitrogen and oxygen atoms in total. The standard InChI is InChI=1S/C23H24N2O2S/c26-22(15-27-19-11-10-16-5-3-6-17(16)13-19)25-12-4-7-18(14-25)23-24-20-8-1-2-9-21(20)28-23/h1-2,8-11,13,18H,3-7,12,14-15H2/t18-/m1/s1. The Hall–Kier alpha value is -2.40. The summed E-state index contributed by atoms with van der Waals surface area (Å²) in [5.41, 5.74) is 3.86. The van der Waals surface area contributed by atoms with Crippen molar-refractivity contribution in [1.82, 2.24) is 9.88 Å². The van der Waals surface area contributed by atoms with E-state index in [1.54, 1.807) is 11.3 Å². The third-order valence-corrected chi connectivity index (χ3v) is 7.06. The molecule has 0 bridgehead atoms. The number of para-hydroxylation sites is 1. The summed E-state index contributed by atoms with van der Waals surface area (Å²) in [5, 5.41) is 1.15. The van der Waals surface area contributed by atoms with Crippen molar-refractivity contribution in [3.8, 4) is 5.75 Å². The Morgan fingerprint density at radius 1 is 1.14 bits per heavy atom. The number of nitrogens with zero attached hydrogens (tertiary/aromatic N) is 2. The SMILES string of the molecule is O=C(COc1ccc2c(c1)CCC2)N1CCC[C@@H](c2nc3ccccc3s2)C1. The van der Waals surface area contributed by atoms with Gasteiger partial charge in [-0.05, 0) is 67.5 Å². The van der Waals surface area contributed by atoms with Crippen LogP contribution in [0.4, 0.5) is 0 Å². The molecule has 5 rings (SSSR count). The molecule has 28 heavy (non-hydrogen) atoms. The zero-order valence-electron chi connectivity index (χ0n) is 15.9. The molecule has 2 aliphatic rings. The van der Waals surface area contributed by atoms with Gasteiger partial charge < -0.3 is 9.64 Å². The molecule has 1 aromatic heterocycles. The van der Waals surface area contributed by atoms with E-state index in [9.17, 15) is 4.79 Å². The maximum absolute atomic E-state index is 12.7. The molecular formula is C23H24N2O2S. The van der Waals surface area contributed by atoms with E-state index in [-0.39, 0.29) is 12.5 Å². The van der Waals surface area contributed by atoms with Gasteiger partial charge in [-0.3, -0.25) is 4.79 Å². The minimum Gasteiger partial charge on any atom is -0.484 e. The predicted octanol–water partition coefficient (Wildman–Crippen LogP) is 4.57. The molecule has 2 heterocycles. The molecule has 1 amide bonds. The van der Waals surface area contributed by atoms with Gasteiger partial charge in [0.2, 0.25) is 0 Å². The fourth-order valence-corrected chi connectivity index (χ4v) is 5.44. The predicted molar refractivity (Wildman–Crippen MR) is 112 cm³/mol. The van der Waals surface area contributed by atoms with Crippen LogP contribution in [-0.2, 0) is 17.6 Å². The Labute approximate surface area is 169 Å². The van der Waals surface area contributed by atoms with E-state index >= 15 is 0 Å². The van der Waals surface area contributed by atoms with Gasteiger partial charge in [-0.2, -0.15) is 0 Å². The number of piperidine rings is 1. The van der Waals surface area contributed by atoms with Crippen molar-refractivity contribution in [2.75, 3.05) is 19.7 Å². The molecule has 1 aliphatic carbocycles. The van der Waals surface area contributed by atoms with Gasteiger partial charge in [0.05, 0.1) is 15.2 Å². The average Bonchev–Trinajstić information content (AvgIpc) is 3.38. The zero-order chi connectivity index (χ0) is 18.9. The average molecular weight is 393 g/mol. The first kappa shape index (κ1) is 17.7. The first-order valence-electron chi connectivity index (χ1n) is 10.1. The van der Waals surface area contributed by atoms with Gasteiger partial charge in [0.1, 0.15) is 5.75 Å². The number of aromatic nitrogens is 1. The number of hydrogen-bond donors (Lipinski definition) is 0. The summed E-state index contributed by atoms with van der Waals surface area (Å²) in [6.45, 7) is 1.67. The van der Waals surface area contributed by atoms with Crippen molar-refractivity contribution in [3.63, 3.8) is 0 Å². The number of carbonyl (C=O) groups is 1. The Kier molecular flexibility index (Phi) is 4.77. The first-order valence-corrected chi connectivity index (χ1v) is 11.0. The molecule has 0 radical (unpaired) electrons. The van der Waals surface area contributed by atoms with Gasteiger partial charge in [0.25, 0.3) is 5.91 Å². The van der Waals surface area contributed by atoms with E-state index in [0.29, 0.717) is 5.92 Å². The number of amides is 1. The number of likely N-dealkylation sites (tertiary alicyclic amines) is 1. The van der Waals surface area contributed by atoms with Crippen LogP contribution in [0.1, 0.15) is 41.3 Å². The van der Waals surface area contributed by atoms with Gasteiger partial charge in [0, 0.05) is 19.0 Å². The third-order valence-electron chi connectivity index (χ3n) is 5.87. The summed E-state index contributed by atoms with van der Waals surface area (Å²) in [5.74, 6) is 1.22. The molecule has 0 unspecified atom stereocenters. The molecule has 5 heteroatoms. The zero-order valence-corrected chi connectivity index (χ0v) is 16.7. The minimum absolute atomic E-state index is 0.0753. The van der Waals surface area contributed by atoms with E-state index in [1.807, 2.05) is 17.0 Å². The summed E-state index contributed by atoms with van der Waals surface area (Å²) in [6.07, 6.45) is 5.62. The van der Waals surface area contributed by atoms with E-state index < -0.39 is 0 Å². The molecule has 1 aliphatic heterocycles. The van der Waals surface area contributed by atoms with E-state index in [0.717, 1.165) is 55.0 Å². The number of hydrogen-bond acceptors (Lipinski definition) is 4. The second kappa shape index (κ2) is 7.55. The van der Waals surface area contributed by atoms with Crippen LogP contribution in [0.3, 0.4) is 0 Å². The van der Waals surface area contributed by atoms with Crippen LogP contribution < -0.4 is 4.74 Å². The smallest absolute Gasteiger partial charge is 0.260 e. The van der Waals surface area contributed by atoms with Crippen LogP contribution in [-0.4, -0.2) is 35.5 Å². The van der Waals surface area contributed by atoms with E-state index in [2.05, 4.69) is 30.3 Å². The van der Waals surface area contributed by atoms with Gasteiger partial charge in [-0.15, -0.1) is 11.3 Å². The van der Waals surface area contributed by atoms with Crippen molar-refractivity contribution in [3.05, 3.63) is 58.6 Å². The van der Waals surface area contributed by atoms with Crippen molar-refractivity contribution in [1.29, 1.82) is 0 Å². The van der Waals surface area contributed by atoms with Gasteiger partial charge in [-0.1, -0.05) is 18.2 Å². The van der Waals surface area contributed by atoms with Gasteiger partial charge >= 0.3 is 0 Å². The Balaban J connectivity index is 1.22. The number of aryl methyl sites for hydroxylation is 2. The molecule has 144 valence electrons. The summed E-state index contributed by atoms with van der Waals surface area (Å²) < 4.78 is 7.05. The number of thiazole rings is 1. The quantitative estimate of drug-likeness (QED) is 0.653. The maximum atomic E-state index is 12.7. The van der Waals surface area contributed by atoms with Gasteiger partial charge in [-0.25, -0.2) is 4.98 Å². The lowest BCUT2D eigenvalue weighted by molar-refractivity contribution is -0.134. The molecule has 1 saturated heterocycles. The second-order valence-electron chi connectivity index (χ2n) is 7.77. The number of fused-ring (bicyclic) bond motifs is 2.